The number of halogens is 1. The van der Waals surface area contributed by atoms with Gasteiger partial charge in [0, 0.05) is 19.6 Å². The molecule has 8 heteroatoms. The molecule has 128 valence electrons. The second-order valence-electron chi connectivity index (χ2n) is 5.50. The average molecular weight is 343 g/mol. The molecule has 1 heterocycles. The molecule has 0 aromatic heterocycles. The molecule has 0 radical (unpaired) electrons. The van der Waals surface area contributed by atoms with Gasteiger partial charge in [0.1, 0.15) is 5.82 Å². The summed E-state index contributed by atoms with van der Waals surface area (Å²) in [5.41, 5.74) is -0.0824. The minimum atomic E-state index is -3.77. The largest absolute Gasteiger partial charge is 0.339 e. The van der Waals surface area contributed by atoms with Crippen LogP contribution in [0.25, 0.3) is 0 Å². The van der Waals surface area contributed by atoms with Crippen LogP contribution in [0.3, 0.4) is 0 Å². The molecule has 1 aliphatic rings. The first-order valence-corrected chi connectivity index (χ1v) is 9.17. The van der Waals surface area contributed by atoms with Crippen molar-refractivity contribution >= 4 is 15.9 Å². The SMILES string of the molecule is CNCCCNS(=O)(=O)c1ccc(C(=O)N2CCCC2)c(F)c1. The van der Waals surface area contributed by atoms with Crippen LogP contribution in [-0.4, -0.2) is 52.5 Å². The quantitative estimate of drug-likeness (QED) is 0.723. The summed E-state index contributed by atoms with van der Waals surface area (Å²) in [4.78, 5) is 13.6. The summed E-state index contributed by atoms with van der Waals surface area (Å²) in [5, 5.41) is 2.91. The minimum Gasteiger partial charge on any atom is -0.339 e. The number of sulfonamides is 1. The zero-order valence-corrected chi connectivity index (χ0v) is 14.0. The fourth-order valence-corrected chi connectivity index (χ4v) is 3.57. The van der Waals surface area contributed by atoms with Gasteiger partial charge in [0.25, 0.3) is 5.91 Å². The summed E-state index contributed by atoms with van der Waals surface area (Å²) in [7, 11) is -1.99. The maximum atomic E-state index is 14.2. The predicted molar refractivity (Wildman–Crippen MR) is 85.3 cm³/mol. The number of carbonyl (C=O) groups excluding carboxylic acids is 1. The van der Waals surface area contributed by atoms with E-state index in [1.807, 2.05) is 0 Å². The Bertz CT molecular complexity index is 658. The van der Waals surface area contributed by atoms with Crippen molar-refractivity contribution in [2.75, 3.05) is 33.2 Å². The van der Waals surface area contributed by atoms with Crippen LogP contribution >= 0.6 is 0 Å². The fraction of sp³-hybridized carbons (Fsp3) is 0.533. The van der Waals surface area contributed by atoms with E-state index in [2.05, 4.69) is 10.0 Å². The number of hydrogen-bond donors (Lipinski definition) is 2. The smallest absolute Gasteiger partial charge is 0.256 e. The van der Waals surface area contributed by atoms with Gasteiger partial charge >= 0.3 is 0 Å². The van der Waals surface area contributed by atoms with E-state index in [0.717, 1.165) is 18.9 Å². The summed E-state index contributed by atoms with van der Waals surface area (Å²) < 4.78 is 40.8. The van der Waals surface area contributed by atoms with Gasteiger partial charge in [0.15, 0.2) is 0 Å². The van der Waals surface area contributed by atoms with Gasteiger partial charge in [-0.25, -0.2) is 17.5 Å². The van der Waals surface area contributed by atoms with Gasteiger partial charge in [-0.05, 0) is 51.1 Å². The zero-order chi connectivity index (χ0) is 16.9. The summed E-state index contributed by atoms with van der Waals surface area (Å²) >= 11 is 0. The molecule has 1 aromatic rings. The number of hydrogen-bond acceptors (Lipinski definition) is 4. The third-order valence-corrected chi connectivity index (χ3v) is 5.23. The monoisotopic (exact) mass is 343 g/mol. The Labute approximate surface area is 136 Å². The molecule has 23 heavy (non-hydrogen) atoms. The number of amides is 1. The second-order valence-corrected chi connectivity index (χ2v) is 7.26. The predicted octanol–water partition coefficient (Wildman–Crippen LogP) is 0.949. The van der Waals surface area contributed by atoms with E-state index in [4.69, 9.17) is 0 Å². The first kappa shape index (κ1) is 17.8. The lowest BCUT2D eigenvalue weighted by Crippen LogP contribution is -2.29. The van der Waals surface area contributed by atoms with Gasteiger partial charge in [-0.3, -0.25) is 4.79 Å². The Morgan fingerprint density at radius 3 is 2.57 bits per heavy atom. The highest BCUT2D eigenvalue weighted by Gasteiger charge is 2.24. The Kier molecular flexibility index (Phi) is 6.09. The van der Waals surface area contributed by atoms with Crippen LogP contribution in [0.1, 0.15) is 29.6 Å². The highest BCUT2D eigenvalue weighted by atomic mass is 32.2. The van der Waals surface area contributed by atoms with Crippen LogP contribution in [0.4, 0.5) is 4.39 Å². The van der Waals surface area contributed by atoms with Crippen molar-refractivity contribution < 1.29 is 17.6 Å². The van der Waals surface area contributed by atoms with Crippen LogP contribution in [0, 0.1) is 5.82 Å². The lowest BCUT2D eigenvalue weighted by atomic mass is 10.2. The zero-order valence-electron chi connectivity index (χ0n) is 13.1. The number of likely N-dealkylation sites (tertiary alicyclic amines) is 1. The molecule has 1 saturated heterocycles. The van der Waals surface area contributed by atoms with Crippen molar-refractivity contribution in [3.05, 3.63) is 29.6 Å². The highest BCUT2D eigenvalue weighted by Crippen LogP contribution is 2.19. The number of benzene rings is 1. The van der Waals surface area contributed by atoms with Crippen LogP contribution in [-0.2, 0) is 10.0 Å². The van der Waals surface area contributed by atoms with E-state index in [1.54, 1.807) is 11.9 Å². The number of rotatable bonds is 7. The van der Waals surface area contributed by atoms with Crippen LogP contribution in [0.2, 0.25) is 0 Å². The number of carbonyl (C=O) groups is 1. The molecule has 0 spiro atoms. The lowest BCUT2D eigenvalue weighted by Gasteiger charge is -2.16. The topological polar surface area (TPSA) is 78.5 Å². The third kappa shape index (κ3) is 4.49. The summed E-state index contributed by atoms with van der Waals surface area (Å²) in [5.74, 6) is -1.19. The lowest BCUT2D eigenvalue weighted by molar-refractivity contribution is 0.0788. The molecular weight excluding hydrogens is 321 g/mol. The molecule has 1 amide bonds. The molecule has 0 aliphatic carbocycles. The van der Waals surface area contributed by atoms with Crippen LogP contribution in [0.15, 0.2) is 23.1 Å². The van der Waals surface area contributed by atoms with E-state index in [0.29, 0.717) is 26.1 Å². The molecule has 2 N–H and O–H groups in total. The first-order chi connectivity index (χ1) is 11.0. The van der Waals surface area contributed by atoms with Crippen LogP contribution < -0.4 is 10.0 Å². The Balaban J connectivity index is 2.10. The summed E-state index contributed by atoms with van der Waals surface area (Å²) in [6.07, 6.45) is 2.45. The second kappa shape index (κ2) is 7.85. The molecule has 0 atom stereocenters. The third-order valence-electron chi connectivity index (χ3n) is 3.77. The van der Waals surface area contributed by atoms with Gasteiger partial charge in [-0.15, -0.1) is 0 Å². The summed E-state index contributed by atoms with van der Waals surface area (Å²) in [6, 6.07) is 3.43. The van der Waals surface area contributed by atoms with E-state index in [9.17, 15) is 17.6 Å². The Morgan fingerprint density at radius 2 is 1.96 bits per heavy atom. The number of nitrogens with one attached hydrogen (secondary N) is 2. The Hall–Kier alpha value is -1.51. The first-order valence-electron chi connectivity index (χ1n) is 7.69. The molecule has 0 unspecified atom stereocenters. The van der Waals surface area contributed by atoms with E-state index in [1.165, 1.54) is 12.1 Å². The maximum Gasteiger partial charge on any atom is 0.256 e. The van der Waals surface area contributed by atoms with Crippen molar-refractivity contribution in [1.29, 1.82) is 0 Å². The van der Waals surface area contributed by atoms with Gasteiger partial charge in [0.05, 0.1) is 10.5 Å². The Morgan fingerprint density at radius 1 is 1.26 bits per heavy atom. The van der Waals surface area contributed by atoms with Crippen LogP contribution in [0.5, 0.6) is 0 Å². The standard InChI is InChI=1S/C15H22FN3O3S/c1-17-7-4-8-18-23(21,22)12-5-6-13(14(16)11-12)15(20)19-9-2-3-10-19/h5-6,11,17-18H,2-4,7-10H2,1H3. The molecule has 0 bridgehead atoms. The minimum absolute atomic E-state index is 0.0824. The van der Waals surface area contributed by atoms with Gasteiger partial charge in [0.2, 0.25) is 10.0 Å². The van der Waals surface area contributed by atoms with Crippen molar-refractivity contribution in [3.63, 3.8) is 0 Å². The molecule has 2 rings (SSSR count). The average Bonchev–Trinajstić information content (AvgIpc) is 3.05. The van der Waals surface area contributed by atoms with Crippen molar-refractivity contribution in [2.45, 2.75) is 24.2 Å². The van der Waals surface area contributed by atoms with E-state index in [-0.39, 0.29) is 22.9 Å². The molecule has 0 saturated carbocycles. The van der Waals surface area contributed by atoms with E-state index < -0.39 is 15.8 Å². The number of nitrogens with zero attached hydrogens (tertiary/aromatic N) is 1. The van der Waals surface area contributed by atoms with E-state index >= 15 is 0 Å². The van der Waals surface area contributed by atoms with Crippen molar-refractivity contribution in [2.24, 2.45) is 0 Å². The highest BCUT2D eigenvalue weighted by molar-refractivity contribution is 7.89. The fourth-order valence-electron chi connectivity index (χ4n) is 2.48. The summed E-state index contributed by atoms with van der Waals surface area (Å²) in [6.45, 7) is 2.18. The molecule has 1 aromatic carbocycles. The normalized spacial score (nSPS) is 15.1. The molecular formula is C15H22FN3O3S. The van der Waals surface area contributed by atoms with Crippen molar-refractivity contribution in [1.82, 2.24) is 14.9 Å². The molecule has 6 nitrogen and oxygen atoms in total. The van der Waals surface area contributed by atoms with Gasteiger partial charge < -0.3 is 10.2 Å². The van der Waals surface area contributed by atoms with Gasteiger partial charge in [-0.1, -0.05) is 0 Å². The molecule has 1 aliphatic heterocycles. The van der Waals surface area contributed by atoms with Crippen molar-refractivity contribution in [3.8, 4) is 0 Å². The maximum absolute atomic E-state index is 14.2. The van der Waals surface area contributed by atoms with Gasteiger partial charge in [-0.2, -0.15) is 0 Å². The molecule has 1 fully saturated rings.